The summed E-state index contributed by atoms with van der Waals surface area (Å²) in [5, 5.41) is 13.0. The van der Waals surface area contributed by atoms with Crippen LogP contribution in [0.15, 0.2) is 77.7 Å². The molecule has 1 fully saturated rings. The zero-order valence-corrected chi connectivity index (χ0v) is 19.4. The van der Waals surface area contributed by atoms with Crippen LogP contribution in [-0.2, 0) is 16.2 Å². The van der Waals surface area contributed by atoms with Crippen molar-refractivity contribution >= 4 is 28.8 Å². The molecular weight excluding hydrogens is 436 g/mol. The van der Waals surface area contributed by atoms with Gasteiger partial charge in [0.25, 0.3) is 11.7 Å². The fourth-order valence-electron chi connectivity index (χ4n) is 3.77. The van der Waals surface area contributed by atoms with Crippen molar-refractivity contribution in [2.24, 2.45) is 0 Å². The predicted octanol–water partition coefficient (Wildman–Crippen LogP) is 4.31. The highest BCUT2D eigenvalue weighted by atomic mass is 32.1. The van der Waals surface area contributed by atoms with Crippen LogP contribution in [0.3, 0.4) is 0 Å². The van der Waals surface area contributed by atoms with E-state index in [1.165, 1.54) is 11.3 Å². The SMILES string of the molecule is CN(C)CCN1C(=O)C(=O)/C(=C(/O)c2ccc(OCc3ccccc3)cc2)C1c1cccs1. The summed E-state index contributed by atoms with van der Waals surface area (Å²) >= 11 is 1.46. The minimum absolute atomic E-state index is 0.124. The highest BCUT2D eigenvalue weighted by molar-refractivity contribution is 7.10. The van der Waals surface area contributed by atoms with E-state index in [2.05, 4.69) is 0 Å². The molecule has 0 saturated carbocycles. The Morgan fingerprint density at radius 2 is 1.76 bits per heavy atom. The maximum Gasteiger partial charge on any atom is 0.295 e. The molecule has 1 aliphatic heterocycles. The topological polar surface area (TPSA) is 70.1 Å². The van der Waals surface area contributed by atoms with Gasteiger partial charge in [-0.25, -0.2) is 0 Å². The Kier molecular flexibility index (Phi) is 6.91. The molecule has 170 valence electrons. The van der Waals surface area contributed by atoms with Gasteiger partial charge in [-0.3, -0.25) is 9.59 Å². The second kappa shape index (κ2) is 10.0. The first-order valence-corrected chi connectivity index (χ1v) is 11.6. The number of aliphatic hydroxyl groups excluding tert-OH is 1. The molecule has 6 nitrogen and oxygen atoms in total. The molecule has 1 aliphatic rings. The molecule has 2 heterocycles. The van der Waals surface area contributed by atoms with Crippen LogP contribution in [0, 0.1) is 0 Å². The quantitative estimate of drug-likeness (QED) is 0.307. The number of aliphatic hydroxyl groups is 1. The van der Waals surface area contributed by atoms with Gasteiger partial charge in [-0.1, -0.05) is 36.4 Å². The number of ketones is 1. The maximum absolute atomic E-state index is 13.0. The van der Waals surface area contributed by atoms with Gasteiger partial charge in [0.15, 0.2) is 0 Å². The van der Waals surface area contributed by atoms with Crippen molar-refractivity contribution in [3.05, 3.63) is 93.7 Å². The average Bonchev–Trinajstić information content (AvgIpc) is 3.44. The number of hydrogen-bond acceptors (Lipinski definition) is 6. The summed E-state index contributed by atoms with van der Waals surface area (Å²) in [5.74, 6) is -0.765. The Hall–Kier alpha value is -3.42. The molecule has 1 atom stereocenters. The number of amides is 1. The molecule has 4 rings (SSSR count). The first kappa shape index (κ1) is 22.8. The summed E-state index contributed by atoms with van der Waals surface area (Å²) in [6.07, 6.45) is 0. The highest BCUT2D eigenvalue weighted by Gasteiger charge is 2.46. The third-order valence-corrected chi connectivity index (χ3v) is 6.44. The number of carbonyl (C=O) groups is 2. The third kappa shape index (κ3) is 4.99. The normalized spacial score (nSPS) is 17.7. The average molecular weight is 463 g/mol. The Morgan fingerprint density at radius 1 is 1.03 bits per heavy atom. The van der Waals surface area contributed by atoms with Gasteiger partial charge >= 0.3 is 0 Å². The Morgan fingerprint density at radius 3 is 2.39 bits per heavy atom. The lowest BCUT2D eigenvalue weighted by atomic mass is 10.00. The number of benzene rings is 2. The molecule has 1 amide bonds. The number of ether oxygens (including phenoxy) is 1. The van der Waals surface area contributed by atoms with Gasteiger partial charge in [-0.2, -0.15) is 0 Å². The van der Waals surface area contributed by atoms with Gasteiger partial charge in [0.2, 0.25) is 0 Å². The van der Waals surface area contributed by atoms with Crippen LogP contribution in [0.1, 0.15) is 22.0 Å². The summed E-state index contributed by atoms with van der Waals surface area (Å²) in [6.45, 7) is 1.44. The van der Waals surface area contributed by atoms with Crippen LogP contribution < -0.4 is 4.74 Å². The lowest BCUT2D eigenvalue weighted by molar-refractivity contribution is -0.140. The van der Waals surface area contributed by atoms with Crippen LogP contribution in [0.4, 0.5) is 0 Å². The molecule has 1 N–H and O–H groups in total. The maximum atomic E-state index is 13.0. The van der Waals surface area contributed by atoms with Crippen LogP contribution in [0.5, 0.6) is 5.75 Å². The number of nitrogens with zero attached hydrogens (tertiary/aromatic N) is 2. The van der Waals surface area contributed by atoms with Gasteiger partial charge < -0.3 is 19.6 Å². The number of Topliss-reactive ketones (excluding diaryl/α,β-unsaturated/α-hetero) is 1. The van der Waals surface area contributed by atoms with Crippen molar-refractivity contribution < 1.29 is 19.4 Å². The van der Waals surface area contributed by atoms with E-state index in [1.54, 1.807) is 29.2 Å². The van der Waals surface area contributed by atoms with E-state index in [-0.39, 0.29) is 11.3 Å². The van der Waals surface area contributed by atoms with E-state index >= 15 is 0 Å². The number of thiophene rings is 1. The molecule has 33 heavy (non-hydrogen) atoms. The molecule has 0 radical (unpaired) electrons. The molecule has 7 heteroatoms. The first-order chi connectivity index (χ1) is 16.0. The number of likely N-dealkylation sites (N-methyl/N-ethyl adjacent to an activating group) is 1. The third-order valence-electron chi connectivity index (χ3n) is 5.52. The number of hydrogen-bond donors (Lipinski definition) is 1. The summed E-state index contributed by atoms with van der Waals surface area (Å²) < 4.78 is 5.81. The summed E-state index contributed by atoms with van der Waals surface area (Å²) in [7, 11) is 3.83. The lowest BCUT2D eigenvalue weighted by Gasteiger charge is -2.25. The van der Waals surface area contributed by atoms with Gasteiger partial charge in [-0.15, -0.1) is 11.3 Å². The standard InChI is InChI=1S/C26H26N2O4S/c1-27(2)14-15-28-23(21-9-6-16-33-21)22(25(30)26(28)31)24(29)19-10-12-20(13-11-19)32-17-18-7-4-3-5-8-18/h3-13,16,23,29H,14-15,17H2,1-2H3/b24-22+. The minimum atomic E-state index is -0.658. The largest absolute Gasteiger partial charge is 0.507 e. The van der Waals surface area contributed by atoms with E-state index in [0.717, 1.165) is 10.4 Å². The number of rotatable bonds is 8. The van der Waals surface area contributed by atoms with Crippen molar-refractivity contribution in [1.82, 2.24) is 9.80 Å². The molecule has 2 aromatic carbocycles. The van der Waals surface area contributed by atoms with Crippen LogP contribution >= 0.6 is 11.3 Å². The van der Waals surface area contributed by atoms with Gasteiger partial charge in [0.05, 0.1) is 11.6 Å². The molecule has 0 bridgehead atoms. The number of carbonyl (C=O) groups excluding carboxylic acids is 2. The minimum Gasteiger partial charge on any atom is -0.507 e. The van der Waals surface area contributed by atoms with Crippen molar-refractivity contribution in [3.8, 4) is 5.75 Å². The fourth-order valence-corrected chi connectivity index (χ4v) is 4.61. The molecule has 1 saturated heterocycles. The van der Waals surface area contributed by atoms with E-state index in [1.807, 2.05) is 66.8 Å². The molecule has 1 aromatic heterocycles. The second-order valence-electron chi connectivity index (χ2n) is 8.11. The van der Waals surface area contributed by atoms with E-state index in [0.29, 0.717) is 31.0 Å². The van der Waals surface area contributed by atoms with Crippen LogP contribution in [0.2, 0.25) is 0 Å². The summed E-state index contributed by atoms with van der Waals surface area (Å²) in [4.78, 5) is 30.2. The molecule has 1 unspecified atom stereocenters. The molecule has 3 aromatic rings. The van der Waals surface area contributed by atoms with Crippen LogP contribution in [0.25, 0.3) is 5.76 Å². The van der Waals surface area contributed by atoms with E-state index in [4.69, 9.17) is 4.74 Å². The van der Waals surface area contributed by atoms with E-state index < -0.39 is 17.7 Å². The number of likely N-dealkylation sites (tertiary alicyclic amines) is 1. The van der Waals surface area contributed by atoms with Crippen molar-refractivity contribution in [3.63, 3.8) is 0 Å². The van der Waals surface area contributed by atoms with Gasteiger partial charge in [0, 0.05) is 23.5 Å². The predicted molar refractivity (Wildman–Crippen MR) is 129 cm³/mol. The van der Waals surface area contributed by atoms with Crippen molar-refractivity contribution in [2.45, 2.75) is 12.6 Å². The highest BCUT2D eigenvalue weighted by Crippen LogP contribution is 2.41. The Labute approximate surface area is 197 Å². The van der Waals surface area contributed by atoms with Crippen molar-refractivity contribution in [1.29, 1.82) is 0 Å². The van der Waals surface area contributed by atoms with Gasteiger partial charge in [-0.05, 0) is 55.4 Å². The Balaban J connectivity index is 1.61. The monoisotopic (exact) mass is 462 g/mol. The first-order valence-electron chi connectivity index (χ1n) is 10.7. The Bertz CT molecular complexity index is 1140. The fraction of sp³-hybridized carbons (Fsp3) is 0.231. The van der Waals surface area contributed by atoms with E-state index in [9.17, 15) is 14.7 Å². The second-order valence-corrected chi connectivity index (χ2v) is 9.09. The zero-order chi connectivity index (χ0) is 23.4. The summed E-state index contributed by atoms with van der Waals surface area (Å²) in [5.41, 5.74) is 1.64. The van der Waals surface area contributed by atoms with Gasteiger partial charge in [0.1, 0.15) is 18.1 Å². The summed E-state index contributed by atoms with van der Waals surface area (Å²) in [6, 6.07) is 19.9. The molecule has 0 aliphatic carbocycles. The zero-order valence-electron chi connectivity index (χ0n) is 18.6. The molecule has 0 spiro atoms. The van der Waals surface area contributed by atoms with Crippen LogP contribution in [-0.4, -0.2) is 53.8 Å². The smallest absolute Gasteiger partial charge is 0.295 e. The molecular formula is C26H26N2O4S. The van der Waals surface area contributed by atoms with Crippen molar-refractivity contribution in [2.75, 3.05) is 27.2 Å². The lowest BCUT2D eigenvalue weighted by Crippen LogP contribution is -2.35.